The van der Waals surface area contributed by atoms with E-state index in [2.05, 4.69) is 301 Å². The Morgan fingerprint density at radius 2 is 0.630 bits per heavy atom. The van der Waals surface area contributed by atoms with Gasteiger partial charge in [0.15, 0.2) is 0 Å². The van der Waals surface area contributed by atoms with Crippen LogP contribution in [0.15, 0.2) is 312 Å². The molecule has 16 rings (SSSR count). The third-order valence-electron chi connectivity index (χ3n) is 16.7. The van der Waals surface area contributed by atoms with Crippen molar-refractivity contribution in [2.45, 2.75) is 5.41 Å². The zero-order valence-corrected chi connectivity index (χ0v) is 44.1. The molecule has 0 fully saturated rings. The highest BCUT2D eigenvalue weighted by molar-refractivity contribution is 6.13. The SMILES string of the molecule is c1ccc(-c2ccc(N(c3ccc4c(c3)C(c3ccccc3)(c3ccccc3)c3cc(N(c5ccc(-c6ccccc6)cc5)c5ccc6c(c5)oc5ccccc56)c5ccccc5c3-4)c3ccc4c(c3)oc3ccccc34)cc2)cc1. The summed E-state index contributed by atoms with van der Waals surface area (Å²) in [6, 6.07) is 110. The van der Waals surface area contributed by atoms with Crippen molar-refractivity contribution in [1.82, 2.24) is 0 Å². The van der Waals surface area contributed by atoms with Crippen LogP contribution in [0.25, 0.3) is 88.0 Å². The molecule has 0 saturated carbocycles. The normalized spacial score (nSPS) is 12.5. The van der Waals surface area contributed by atoms with Crippen molar-refractivity contribution in [3.05, 3.63) is 326 Å². The molecule has 2 aromatic heterocycles. The van der Waals surface area contributed by atoms with Crippen LogP contribution >= 0.6 is 0 Å². The van der Waals surface area contributed by atoms with Crippen LogP contribution in [-0.2, 0) is 5.41 Å². The first-order valence-corrected chi connectivity index (χ1v) is 27.7. The lowest BCUT2D eigenvalue weighted by Gasteiger charge is -2.36. The Balaban J connectivity index is 0.957. The minimum absolute atomic E-state index is 0.779. The van der Waals surface area contributed by atoms with Gasteiger partial charge >= 0.3 is 0 Å². The molecule has 0 aliphatic heterocycles. The molecule has 0 unspecified atom stereocenters. The number of furan rings is 2. The lowest BCUT2D eigenvalue weighted by molar-refractivity contribution is 0.668. The molecule has 380 valence electrons. The lowest BCUT2D eigenvalue weighted by atomic mass is 9.67. The number of fused-ring (bicyclic) bond motifs is 11. The second kappa shape index (κ2) is 18.8. The Bertz CT molecular complexity index is 4810. The smallest absolute Gasteiger partial charge is 0.137 e. The number of hydrogen-bond acceptors (Lipinski definition) is 4. The van der Waals surface area contributed by atoms with E-state index in [-0.39, 0.29) is 0 Å². The van der Waals surface area contributed by atoms with Gasteiger partial charge in [-0.2, -0.15) is 0 Å². The Morgan fingerprint density at radius 3 is 1.16 bits per heavy atom. The van der Waals surface area contributed by atoms with Crippen molar-refractivity contribution in [3.63, 3.8) is 0 Å². The predicted octanol–water partition coefficient (Wildman–Crippen LogP) is 21.3. The number of hydrogen-bond donors (Lipinski definition) is 0. The van der Waals surface area contributed by atoms with Crippen LogP contribution in [0.4, 0.5) is 34.1 Å². The minimum atomic E-state index is -0.779. The van der Waals surface area contributed by atoms with Crippen molar-refractivity contribution in [1.29, 1.82) is 0 Å². The van der Waals surface area contributed by atoms with Gasteiger partial charge in [0.2, 0.25) is 0 Å². The van der Waals surface area contributed by atoms with Crippen molar-refractivity contribution in [2.24, 2.45) is 0 Å². The number of para-hydroxylation sites is 2. The molecular formula is C77H50N2O2. The van der Waals surface area contributed by atoms with E-state index < -0.39 is 5.41 Å². The van der Waals surface area contributed by atoms with E-state index in [0.29, 0.717) is 0 Å². The van der Waals surface area contributed by atoms with E-state index in [1.54, 1.807) is 0 Å². The Kier molecular flexibility index (Phi) is 10.8. The number of anilines is 6. The van der Waals surface area contributed by atoms with Gasteiger partial charge in [0.05, 0.1) is 11.1 Å². The largest absolute Gasteiger partial charge is 0.456 e. The highest BCUT2D eigenvalue weighted by Gasteiger charge is 2.48. The third-order valence-corrected chi connectivity index (χ3v) is 16.7. The van der Waals surface area contributed by atoms with Crippen LogP contribution in [0.2, 0.25) is 0 Å². The van der Waals surface area contributed by atoms with Crippen LogP contribution in [-0.4, -0.2) is 0 Å². The third kappa shape index (κ3) is 7.45. The molecule has 0 amide bonds. The van der Waals surface area contributed by atoms with Gasteiger partial charge in [-0.05, 0) is 140 Å². The molecule has 0 atom stereocenters. The van der Waals surface area contributed by atoms with Crippen LogP contribution in [0, 0.1) is 0 Å². The van der Waals surface area contributed by atoms with E-state index in [1.165, 1.54) is 49.9 Å². The van der Waals surface area contributed by atoms with Gasteiger partial charge in [-0.25, -0.2) is 0 Å². The minimum Gasteiger partial charge on any atom is -0.456 e. The van der Waals surface area contributed by atoms with Crippen LogP contribution in [0.3, 0.4) is 0 Å². The number of nitrogens with zero attached hydrogens (tertiary/aromatic N) is 2. The molecule has 15 aromatic rings. The van der Waals surface area contributed by atoms with Crippen LogP contribution in [0.1, 0.15) is 22.3 Å². The fourth-order valence-corrected chi connectivity index (χ4v) is 13.1. The van der Waals surface area contributed by atoms with E-state index in [4.69, 9.17) is 8.83 Å². The molecule has 0 bridgehead atoms. The average Bonchev–Trinajstić information content (AvgIpc) is 3.36. The molecule has 81 heavy (non-hydrogen) atoms. The van der Waals surface area contributed by atoms with Crippen molar-refractivity contribution in [3.8, 4) is 33.4 Å². The van der Waals surface area contributed by atoms with Crippen molar-refractivity contribution >= 4 is 88.8 Å². The summed E-state index contributed by atoms with van der Waals surface area (Å²) in [4.78, 5) is 4.83. The quantitative estimate of drug-likeness (QED) is 0.137. The molecular weight excluding hydrogens is 985 g/mol. The van der Waals surface area contributed by atoms with Gasteiger partial charge in [0, 0.05) is 67.5 Å². The maximum Gasteiger partial charge on any atom is 0.137 e. The molecule has 4 heteroatoms. The summed E-state index contributed by atoms with van der Waals surface area (Å²) in [6.07, 6.45) is 0. The zero-order valence-electron chi connectivity index (χ0n) is 44.1. The van der Waals surface area contributed by atoms with E-state index in [0.717, 1.165) is 94.5 Å². The number of rotatable bonds is 10. The average molecular weight is 1040 g/mol. The Labute approximate surface area is 469 Å². The summed E-state index contributed by atoms with van der Waals surface area (Å²) in [5, 5.41) is 6.70. The van der Waals surface area contributed by atoms with Gasteiger partial charge in [0.25, 0.3) is 0 Å². The molecule has 0 radical (unpaired) electrons. The second-order valence-corrected chi connectivity index (χ2v) is 21.1. The maximum absolute atomic E-state index is 6.66. The fourth-order valence-electron chi connectivity index (χ4n) is 13.1. The van der Waals surface area contributed by atoms with Gasteiger partial charge in [-0.15, -0.1) is 0 Å². The molecule has 1 aliphatic rings. The molecule has 2 heterocycles. The molecule has 0 spiro atoms. The number of benzene rings is 13. The summed E-state index contributed by atoms with van der Waals surface area (Å²) in [7, 11) is 0. The van der Waals surface area contributed by atoms with Gasteiger partial charge < -0.3 is 18.6 Å². The summed E-state index contributed by atoms with van der Waals surface area (Å²) < 4.78 is 13.3. The van der Waals surface area contributed by atoms with E-state index in [1.807, 2.05) is 12.1 Å². The second-order valence-electron chi connectivity index (χ2n) is 21.1. The molecule has 1 aliphatic carbocycles. The predicted molar refractivity (Wildman–Crippen MR) is 336 cm³/mol. The van der Waals surface area contributed by atoms with Gasteiger partial charge in [-0.3, -0.25) is 0 Å². The maximum atomic E-state index is 6.66. The summed E-state index contributed by atoms with van der Waals surface area (Å²) in [5.74, 6) is 0. The summed E-state index contributed by atoms with van der Waals surface area (Å²) in [6.45, 7) is 0. The molecule has 0 N–H and O–H groups in total. The summed E-state index contributed by atoms with van der Waals surface area (Å²) in [5.41, 5.74) is 20.7. The first-order valence-electron chi connectivity index (χ1n) is 27.7. The van der Waals surface area contributed by atoms with Gasteiger partial charge in [0.1, 0.15) is 22.3 Å². The molecule has 13 aromatic carbocycles. The fraction of sp³-hybridized carbons (Fsp3) is 0.0130. The molecule has 0 saturated heterocycles. The Morgan fingerprint density at radius 1 is 0.247 bits per heavy atom. The lowest BCUT2D eigenvalue weighted by Crippen LogP contribution is -2.29. The van der Waals surface area contributed by atoms with Crippen LogP contribution < -0.4 is 9.80 Å². The monoisotopic (exact) mass is 1030 g/mol. The standard InChI is InChI=1S/C77H50N2O2/c1-5-19-51(20-6-1)53-33-37-57(38-34-53)78(60-41-44-65-63-28-15-17-31-72(63)80-74(65)48-60)59-43-46-68-69(47-59)77(55-23-9-3-10-24-55,56-25-11-4-12-26-56)70-50-71(62-27-13-14-30-67(62)76(68)70)79(58-39-35-54(36-40-58)52-21-7-2-8-22-52)61-42-45-66-64-29-16-18-32-73(64)81-75(66)49-61/h1-50H. The highest BCUT2D eigenvalue weighted by atomic mass is 16.3. The van der Waals surface area contributed by atoms with Crippen molar-refractivity contribution in [2.75, 3.05) is 9.80 Å². The Hall–Kier alpha value is -10.7. The first-order chi connectivity index (χ1) is 40.2. The summed E-state index contributed by atoms with van der Waals surface area (Å²) >= 11 is 0. The molecule has 4 nitrogen and oxygen atoms in total. The van der Waals surface area contributed by atoms with Crippen LogP contribution in [0.5, 0.6) is 0 Å². The van der Waals surface area contributed by atoms with E-state index >= 15 is 0 Å². The van der Waals surface area contributed by atoms with Crippen molar-refractivity contribution < 1.29 is 8.83 Å². The topological polar surface area (TPSA) is 32.8 Å². The van der Waals surface area contributed by atoms with Gasteiger partial charge in [-0.1, -0.05) is 212 Å². The van der Waals surface area contributed by atoms with E-state index in [9.17, 15) is 0 Å². The first kappa shape index (κ1) is 46.4. The highest BCUT2D eigenvalue weighted by Crippen LogP contribution is 2.61. The zero-order chi connectivity index (χ0) is 53.4.